The summed E-state index contributed by atoms with van der Waals surface area (Å²) in [5.41, 5.74) is 1.07. The summed E-state index contributed by atoms with van der Waals surface area (Å²) in [5, 5.41) is 13.6. The molecule has 2 N–H and O–H groups in total. The van der Waals surface area contributed by atoms with Crippen molar-refractivity contribution in [2.75, 3.05) is 6.54 Å². The van der Waals surface area contributed by atoms with Crippen LogP contribution in [0.5, 0.6) is 5.75 Å². The predicted octanol–water partition coefficient (Wildman–Crippen LogP) is 3.02. The maximum absolute atomic E-state index is 10.0. The van der Waals surface area contributed by atoms with Crippen LogP contribution in [-0.2, 0) is 5.54 Å². The number of nitrogens with one attached hydrogen (secondary N) is 1. The van der Waals surface area contributed by atoms with Crippen molar-refractivity contribution in [1.82, 2.24) is 5.32 Å². The highest BCUT2D eigenvalue weighted by Gasteiger charge is 2.37. The van der Waals surface area contributed by atoms with Crippen molar-refractivity contribution < 1.29 is 5.11 Å². The van der Waals surface area contributed by atoms with Gasteiger partial charge in [-0.15, -0.1) is 0 Å². The lowest BCUT2D eigenvalue weighted by atomic mass is 9.81. The Hall–Kier alpha value is -1.02. The molecular formula is C14H21NO. The smallest absolute Gasteiger partial charge is 0.120 e. The predicted molar refractivity (Wildman–Crippen MR) is 66.5 cm³/mol. The summed E-state index contributed by atoms with van der Waals surface area (Å²) in [6.45, 7) is 5.53. The van der Waals surface area contributed by atoms with Gasteiger partial charge in [0.1, 0.15) is 5.75 Å². The first-order valence-corrected chi connectivity index (χ1v) is 6.17. The first-order valence-electron chi connectivity index (χ1n) is 6.17. The first-order chi connectivity index (χ1) is 7.64. The van der Waals surface area contributed by atoms with Gasteiger partial charge in [-0.1, -0.05) is 32.0 Å². The highest BCUT2D eigenvalue weighted by molar-refractivity contribution is 5.38. The Kier molecular flexibility index (Phi) is 3.20. The van der Waals surface area contributed by atoms with Crippen LogP contribution in [0.1, 0.15) is 38.7 Å². The minimum Gasteiger partial charge on any atom is -0.508 e. The average Bonchev–Trinajstić information content (AvgIpc) is 2.67. The van der Waals surface area contributed by atoms with Crippen LogP contribution in [0, 0.1) is 5.92 Å². The fourth-order valence-electron chi connectivity index (χ4n) is 2.90. The van der Waals surface area contributed by atoms with E-state index in [0.717, 1.165) is 24.9 Å². The van der Waals surface area contributed by atoms with Crippen molar-refractivity contribution in [3.63, 3.8) is 0 Å². The molecule has 2 rings (SSSR count). The fraction of sp³-hybridized carbons (Fsp3) is 0.571. The van der Waals surface area contributed by atoms with E-state index in [-0.39, 0.29) is 5.54 Å². The molecule has 1 aromatic rings. The summed E-state index contributed by atoms with van der Waals surface area (Å²) in [7, 11) is 0. The number of benzene rings is 1. The van der Waals surface area contributed by atoms with Gasteiger partial charge >= 0.3 is 0 Å². The summed E-state index contributed by atoms with van der Waals surface area (Å²) in [6.07, 6.45) is 3.41. The summed E-state index contributed by atoms with van der Waals surface area (Å²) < 4.78 is 0. The second kappa shape index (κ2) is 4.46. The Morgan fingerprint density at radius 1 is 1.38 bits per heavy atom. The van der Waals surface area contributed by atoms with Gasteiger partial charge in [-0.3, -0.25) is 0 Å². The Bertz CT molecular complexity index is 354. The van der Waals surface area contributed by atoms with E-state index in [1.54, 1.807) is 6.07 Å². The normalized spacial score (nSPS) is 25.2. The van der Waals surface area contributed by atoms with Crippen molar-refractivity contribution in [1.29, 1.82) is 0 Å². The molecule has 1 atom stereocenters. The molecule has 0 saturated carbocycles. The molecule has 0 aromatic heterocycles. The molecule has 1 aliphatic rings. The third-order valence-electron chi connectivity index (χ3n) is 3.42. The van der Waals surface area contributed by atoms with E-state index in [9.17, 15) is 5.11 Å². The number of phenolic OH excluding ortho intramolecular Hbond substituents is 1. The third kappa shape index (κ3) is 2.07. The zero-order chi connectivity index (χ0) is 11.6. The van der Waals surface area contributed by atoms with Gasteiger partial charge < -0.3 is 10.4 Å². The summed E-state index contributed by atoms with van der Waals surface area (Å²) in [4.78, 5) is 0. The van der Waals surface area contributed by atoms with Crippen molar-refractivity contribution >= 4 is 0 Å². The van der Waals surface area contributed by atoms with E-state index in [4.69, 9.17) is 0 Å². The van der Waals surface area contributed by atoms with Crippen LogP contribution in [0.4, 0.5) is 0 Å². The van der Waals surface area contributed by atoms with Gasteiger partial charge in [0.15, 0.2) is 0 Å². The highest BCUT2D eigenvalue weighted by Crippen LogP contribution is 2.40. The minimum absolute atomic E-state index is 0.000486. The molecular weight excluding hydrogens is 198 g/mol. The van der Waals surface area contributed by atoms with Crippen LogP contribution in [0.2, 0.25) is 0 Å². The first kappa shape index (κ1) is 11.5. The van der Waals surface area contributed by atoms with E-state index in [1.807, 2.05) is 12.1 Å². The van der Waals surface area contributed by atoms with E-state index in [2.05, 4.69) is 25.2 Å². The molecule has 0 aliphatic carbocycles. The number of hydrogen-bond acceptors (Lipinski definition) is 2. The molecule has 0 bridgehead atoms. The molecule has 2 nitrogen and oxygen atoms in total. The second-order valence-corrected chi connectivity index (χ2v) is 5.23. The maximum Gasteiger partial charge on any atom is 0.120 e. The SMILES string of the molecule is CC(C)CC1(c2ccccc2O)CCCN1. The molecule has 0 radical (unpaired) electrons. The number of phenols is 1. The Labute approximate surface area is 97.7 Å². The van der Waals surface area contributed by atoms with Crippen molar-refractivity contribution in [2.45, 2.75) is 38.6 Å². The number of para-hydroxylation sites is 1. The summed E-state index contributed by atoms with van der Waals surface area (Å²) in [6, 6.07) is 7.74. The topological polar surface area (TPSA) is 32.3 Å². The van der Waals surface area contributed by atoms with Crippen molar-refractivity contribution in [2.24, 2.45) is 5.92 Å². The molecule has 88 valence electrons. The Balaban J connectivity index is 2.36. The molecule has 0 spiro atoms. The summed E-state index contributed by atoms with van der Waals surface area (Å²) >= 11 is 0. The highest BCUT2D eigenvalue weighted by atomic mass is 16.3. The van der Waals surface area contributed by atoms with E-state index in [1.165, 1.54) is 6.42 Å². The maximum atomic E-state index is 10.0. The van der Waals surface area contributed by atoms with Crippen molar-refractivity contribution in [3.05, 3.63) is 29.8 Å². The van der Waals surface area contributed by atoms with Crippen LogP contribution in [0.15, 0.2) is 24.3 Å². The zero-order valence-corrected chi connectivity index (χ0v) is 10.2. The van der Waals surface area contributed by atoms with Crippen LogP contribution in [0.3, 0.4) is 0 Å². The lowest BCUT2D eigenvalue weighted by Gasteiger charge is -2.32. The zero-order valence-electron chi connectivity index (χ0n) is 10.2. The van der Waals surface area contributed by atoms with Gasteiger partial charge in [-0.2, -0.15) is 0 Å². The molecule has 1 unspecified atom stereocenters. The molecule has 1 fully saturated rings. The lowest BCUT2D eigenvalue weighted by Crippen LogP contribution is -2.38. The van der Waals surface area contributed by atoms with Crippen molar-refractivity contribution in [3.8, 4) is 5.75 Å². The lowest BCUT2D eigenvalue weighted by molar-refractivity contribution is 0.299. The largest absolute Gasteiger partial charge is 0.508 e. The van der Waals surface area contributed by atoms with E-state index in [0.29, 0.717) is 11.7 Å². The number of rotatable bonds is 3. The summed E-state index contributed by atoms with van der Waals surface area (Å²) in [5.74, 6) is 1.06. The quantitative estimate of drug-likeness (QED) is 0.819. The molecule has 1 heterocycles. The second-order valence-electron chi connectivity index (χ2n) is 5.23. The van der Waals surface area contributed by atoms with Crippen LogP contribution in [-0.4, -0.2) is 11.7 Å². The molecule has 1 saturated heterocycles. The fourth-order valence-corrected chi connectivity index (χ4v) is 2.90. The molecule has 2 heteroatoms. The molecule has 16 heavy (non-hydrogen) atoms. The van der Waals surface area contributed by atoms with Gasteiger partial charge in [0.2, 0.25) is 0 Å². The average molecular weight is 219 g/mol. The molecule has 1 aliphatic heterocycles. The third-order valence-corrected chi connectivity index (χ3v) is 3.42. The number of hydrogen-bond donors (Lipinski definition) is 2. The van der Waals surface area contributed by atoms with E-state index >= 15 is 0 Å². The minimum atomic E-state index is -0.000486. The van der Waals surface area contributed by atoms with Crippen LogP contribution in [0.25, 0.3) is 0 Å². The van der Waals surface area contributed by atoms with Gasteiger partial charge in [-0.25, -0.2) is 0 Å². The Morgan fingerprint density at radius 2 is 2.12 bits per heavy atom. The van der Waals surface area contributed by atoms with Gasteiger partial charge in [0, 0.05) is 11.1 Å². The van der Waals surface area contributed by atoms with E-state index < -0.39 is 0 Å². The standard InChI is InChI=1S/C14H21NO/c1-11(2)10-14(8-5-9-15-14)12-6-3-4-7-13(12)16/h3-4,6-7,11,15-16H,5,8-10H2,1-2H3. The van der Waals surface area contributed by atoms with Crippen LogP contribution >= 0.6 is 0 Å². The number of aromatic hydroxyl groups is 1. The molecule has 1 aromatic carbocycles. The Morgan fingerprint density at radius 3 is 2.69 bits per heavy atom. The van der Waals surface area contributed by atoms with Gasteiger partial charge in [0.05, 0.1) is 0 Å². The monoisotopic (exact) mass is 219 g/mol. The van der Waals surface area contributed by atoms with Crippen LogP contribution < -0.4 is 5.32 Å². The molecule has 0 amide bonds. The van der Waals surface area contributed by atoms with Gasteiger partial charge in [-0.05, 0) is 37.8 Å². The van der Waals surface area contributed by atoms with Gasteiger partial charge in [0.25, 0.3) is 0 Å².